The first-order valence-corrected chi connectivity index (χ1v) is 7.71. The van der Waals surface area contributed by atoms with Gasteiger partial charge < -0.3 is 14.8 Å². The molecule has 2 aromatic rings. The highest BCUT2D eigenvalue weighted by Crippen LogP contribution is 2.29. The summed E-state index contributed by atoms with van der Waals surface area (Å²) < 4.78 is 37.6. The summed E-state index contributed by atoms with van der Waals surface area (Å²) >= 11 is 0. The number of hydrogen-bond donors (Lipinski definition) is 1. The topological polar surface area (TPSA) is 47.6 Å². The molecule has 0 heterocycles. The summed E-state index contributed by atoms with van der Waals surface area (Å²) in [6.07, 6.45) is 0.845. The van der Waals surface area contributed by atoms with Crippen molar-refractivity contribution in [1.82, 2.24) is 0 Å². The minimum Gasteiger partial charge on any atom is -0.490 e. The van der Waals surface area contributed by atoms with Crippen LogP contribution >= 0.6 is 0 Å². The van der Waals surface area contributed by atoms with E-state index in [9.17, 15) is 13.6 Å². The SMILES string of the molecule is CCCOc1ccc(C(=O)Nc2ccc(F)cc2F)cc1OCC. The van der Waals surface area contributed by atoms with Crippen LogP contribution in [-0.2, 0) is 0 Å². The van der Waals surface area contributed by atoms with Crippen molar-refractivity contribution >= 4 is 11.6 Å². The number of rotatable bonds is 7. The highest BCUT2D eigenvalue weighted by atomic mass is 19.1. The molecule has 0 aromatic heterocycles. The molecule has 0 bridgehead atoms. The van der Waals surface area contributed by atoms with E-state index in [1.165, 1.54) is 12.1 Å². The lowest BCUT2D eigenvalue weighted by Gasteiger charge is -2.13. The molecule has 24 heavy (non-hydrogen) atoms. The first-order valence-electron chi connectivity index (χ1n) is 7.71. The monoisotopic (exact) mass is 335 g/mol. The molecule has 128 valence electrons. The van der Waals surface area contributed by atoms with E-state index in [2.05, 4.69) is 5.32 Å². The van der Waals surface area contributed by atoms with Crippen molar-refractivity contribution in [2.24, 2.45) is 0 Å². The number of hydrogen-bond acceptors (Lipinski definition) is 3. The maximum Gasteiger partial charge on any atom is 0.255 e. The van der Waals surface area contributed by atoms with E-state index in [1.54, 1.807) is 12.1 Å². The molecule has 2 rings (SSSR count). The maximum atomic E-state index is 13.6. The van der Waals surface area contributed by atoms with E-state index < -0.39 is 17.5 Å². The van der Waals surface area contributed by atoms with Crippen LogP contribution < -0.4 is 14.8 Å². The average molecular weight is 335 g/mol. The first kappa shape index (κ1) is 17.7. The molecular formula is C18H19F2NO3. The standard InChI is InChI=1S/C18H19F2NO3/c1-3-9-24-16-8-5-12(10-17(16)23-4-2)18(22)21-15-7-6-13(19)11-14(15)20/h5-8,10-11H,3-4,9H2,1-2H3,(H,21,22). The van der Waals surface area contributed by atoms with Crippen LogP contribution in [0.5, 0.6) is 11.5 Å². The van der Waals surface area contributed by atoms with E-state index in [4.69, 9.17) is 9.47 Å². The van der Waals surface area contributed by atoms with Gasteiger partial charge in [0.2, 0.25) is 0 Å². The van der Waals surface area contributed by atoms with Crippen LogP contribution in [0.3, 0.4) is 0 Å². The van der Waals surface area contributed by atoms with Gasteiger partial charge in [0.1, 0.15) is 11.6 Å². The Labute approximate surface area is 139 Å². The predicted molar refractivity (Wildman–Crippen MR) is 87.7 cm³/mol. The Balaban J connectivity index is 2.20. The summed E-state index contributed by atoms with van der Waals surface area (Å²) in [7, 11) is 0. The summed E-state index contributed by atoms with van der Waals surface area (Å²) in [6.45, 7) is 4.76. The zero-order valence-electron chi connectivity index (χ0n) is 13.6. The molecule has 0 unspecified atom stereocenters. The number of benzene rings is 2. The number of carbonyl (C=O) groups is 1. The summed E-state index contributed by atoms with van der Waals surface area (Å²) in [5, 5.41) is 2.41. The van der Waals surface area contributed by atoms with Crippen molar-refractivity contribution in [3.8, 4) is 11.5 Å². The van der Waals surface area contributed by atoms with Crippen LogP contribution in [0.15, 0.2) is 36.4 Å². The van der Waals surface area contributed by atoms with Gasteiger partial charge in [-0.05, 0) is 43.7 Å². The zero-order chi connectivity index (χ0) is 17.5. The van der Waals surface area contributed by atoms with Gasteiger partial charge in [0.15, 0.2) is 11.5 Å². The van der Waals surface area contributed by atoms with Crippen LogP contribution in [-0.4, -0.2) is 19.1 Å². The molecule has 0 spiro atoms. The Morgan fingerprint density at radius 2 is 1.83 bits per heavy atom. The van der Waals surface area contributed by atoms with Crippen LogP contribution in [0.25, 0.3) is 0 Å². The van der Waals surface area contributed by atoms with Crippen molar-refractivity contribution in [3.05, 3.63) is 53.6 Å². The molecule has 2 aromatic carbocycles. The highest BCUT2D eigenvalue weighted by molar-refractivity contribution is 6.04. The van der Waals surface area contributed by atoms with E-state index in [1.807, 2.05) is 13.8 Å². The lowest BCUT2D eigenvalue weighted by Crippen LogP contribution is -2.13. The lowest BCUT2D eigenvalue weighted by molar-refractivity contribution is 0.102. The third-order valence-electron chi connectivity index (χ3n) is 3.15. The minimum atomic E-state index is -0.837. The molecule has 0 radical (unpaired) electrons. The number of anilines is 1. The molecule has 6 heteroatoms. The maximum absolute atomic E-state index is 13.6. The Bertz CT molecular complexity index is 719. The van der Waals surface area contributed by atoms with Gasteiger partial charge in [-0.1, -0.05) is 6.92 Å². The van der Waals surface area contributed by atoms with Crippen LogP contribution in [0.4, 0.5) is 14.5 Å². The fraction of sp³-hybridized carbons (Fsp3) is 0.278. The smallest absolute Gasteiger partial charge is 0.255 e. The Kier molecular flexibility index (Phi) is 6.12. The number of halogens is 2. The molecule has 0 aliphatic heterocycles. The van der Waals surface area contributed by atoms with Gasteiger partial charge >= 0.3 is 0 Å². The summed E-state index contributed by atoms with van der Waals surface area (Å²) in [4.78, 5) is 12.3. The van der Waals surface area contributed by atoms with E-state index in [0.29, 0.717) is 30.8 Å². The molecule has 0 aliphatic rings. The zero-order valence-corrected chi connectivity index (χ0v) is 13.6. The molecule has 1 amide bonds. The van der Waals surface area contributed by atoms with E-state index in [0.717, 1.165) is 12.5 Å². The highest BCUT2D eigenvalue weighted by Gasteiger charge is 2.14. The average Bonchev–Trinajstić information content (AvgIpc) is 2.56. The number of carbonyl (C=O) groups excluding carboxylic acids is 1. The largest absolute Gasteiger partial charge is 0.490 e. The Hall–Kier alpha value is -2.63. The predicted octanol–water partition coefficient (Wildman–Crippen LogP) is 4.40. The summed E-state index contributed by atoms with van der Waals surface area (Å²) in [5.41, 5.74) is 0.191. The normalized spacial score (nSPS) is 10.3. The van der Waals surface area contributed by atoms with Gasteiger partial charge in [0.05, 0.1) is 18.9 Å². The molecule has 0 atom stereocenters. The van der Waals surface area contributed by atoms with E-state index >= 15 is 0 Å². The molecule has 0 saturated carbocycles. The van der Waals surface area contributed by atoms with Crippen molar-refractivity contribution in [3.63, 3.8) is 0 Å². The van der Waals surface area contributed by atoms with Crippen LogP contribution in [0.1, 0.15) is 30.6 Å². The number of amides is 1. The van der Waals surface area contributed by atoms with Crippen molar-refractivity contribution in [1.29, 1.82) is 0 Å². The number of ether oxygens (including phenoxy) is 2. The molecule has 0 aliphatic carbocycles. The molecule has 4 nitrogen and oxygen atoms in total. The molecule has 1 N–H and O–H groups in total. The number of nitrogens with one attached hydrogen (secondary N) is 1. The van der Waals surface area contributed by atoms with Gasteiger partial charge in [-0.2, -0.15) is 0 Å². The fourth-order valence-corrected chi connectivity index (χ4v) is 2.03. The van der Waals surface area contributed by atoms with Gasteiger partial charge in [0, 0.05) is 11.6 Å². The second kappa shape index (κ2) is 8.29. The third kappa shape index (κ3) is 4.44. The minimum absolute atomic E-state index is 0.0920. The fourth-order valence-electron chi connectivity index (χ4n) is 2.03. The lowest BCUT2D eigenvalue weighted by atomic mass is 10.1. The van der Waals surface area contributed by atoms with Gasteiger partial charge in [-0.15, -0.1) is 0 Å². The van der Waals surface area contributed by atoms with Crippen molar-refractivity contribution < 1.29 is 23.0 Å². The quantitative estimate of drug-likeness (QED) is 0.815. The second-order valence-corrected chi connectivity index (χ2v) is 5.02. The summed E-state index contributed by atoms with van der Waals surface area (Å²) in [5.74, 6) is -1.08. The summed E-state index contributed by atoms with van der Waals surface area (Å²) in [6, 6.07) is 7.69. The molecule has 0 fully saturated rings. The van der Waals surface area contributed by atoms with Crippen molar-refractivity contribution in [2.45, 2.75) is 20.3 Å². The Morgan fingerprint density at radius 3 is 2.50 bits per heavy atom. The Morgan fingerprint density at radius 1 is 1.04 bits per heavy atom. The van der Waals surface area contributed by atoms with Crippen molar-refractivity contribution in [2.75, 3.05) is 18.5 Å². The molecular weight excluding hydrogens is 316 g/mol. The third-order valence-corrected chi connectivity index (χ3v) is 3.15. The second-order valence-electron chi connectivity index (χ2n) is 5.02. The van der Waals surface area contributed by atoms with Crippen LogP contribution in [0.2, 0.25) is 0 Å². The van der Waals surface area contributed by atoms with Gasteiger partial charge in [-0.25, -0.2) is 8.78 Å². The van der Waals surface area contributed by atoms with Crippen LogP contribution in [0, 0.1) is 11.6 Å². The first-order chi connectivity index (χ1) is 11.5. The molecule has 0 saturated heterocycles. The van der Waals surface area contributed by atoms with Gasteiger partial charge in [0.25, 0.3) is 5.91 Å². The van der Waals surface area contributed by atoms with E-state index in [-0.39, 0.29) is 11.3 Å². The van der Waals surface area contributed by atoms with Gasteiger partial charge in [-0.3, -0.25) is 4.79 Å².